The van der Waals surface area contributed by atoms with Crippen molar-refractivity contribution in [1.29, 1.82) is 0 Å². The number of nitrogens with zero attached hydrogens (tertiary/aromatic N) is 2. The van der Waals surface area contributed by atoms with Gasteiger partial charge in [0.1, 0.15) is 0 Å². The van der Waals surface area contributed by atoms with Gasteiger partial charge in [0.15, 0.2) is 0 Å². The maximum Gasteiger partial charge on any atom is 0.306 e. The van der Waals surface area contributed by atoms with Crippen molar-refractivity contribution >= 4 is 142 Å². The lowest BCUT2D eigenvalue weighted by Crippen LogP contribution is -2.09. The largest absolute Gasteiger partial charge is 0.465 e. The molecule has 0 aliphatic carbocycles. The van der Waals surface area contributed by atoms with E-state index in [0.717, 1.165) is 110 Å². The fourth-order valence-electron chi connectivity index (χ4n) is 11.8. The summed E-state index contributed by atoms with van der Waals surface area (Å²) in [6.07, 6.45) is 1.39. The van der Waals surface area contributed by atoms with Crippen molar-refractivity contribution in [2.75, 3.05) is 13.2 Å². The number of nitrogens with one attached hydrogen (secondary N) is 2. The normalized spacial score (nSPS) is 13.4. The fraction of sp³-hybridized carbons (Fsp3) is 0.219. The summed E-state index contributed by atoms with van der Waals surface area (Å²) in [6, 6.07) is 44.0. The molecule has 8 nitrogen and oxygen atoms in total. The predicted octanol–water partition coefficient (Wildman–Crippen LogP) is 16.2. The number of hydrogen-bond donors (Lipinski definition) is 2. The molecule has 8 aromatic carbocycles. The number of ether oxygens (including phenoxy) is 2. The molecule has 8 heteroatoms. The number of carbonyl (C=O) groups excluding carboxylic acids is 2. The molecule has 72 heavy (non-hydrogen) atoms. The predicted molar refractivity (Wildman–Crippen MR) is 298 cm³/mol. The zero-order valence-electron chi connectivity index (χ0n) is 41.5. The van der Waals surface area contributed by atoms with E-state index in [2.05, 4.69) is 173 Å². The number of esters is 2. The first kappa shape index (κ1) is 43.9. The van der Waals surface area contributed by atoms with E-state index in [1.165, 1.54) is 43.1 Å². The molecule has 0 spiro atoms. The maximum absolute atomic E-state index is 13.4. The molecule has 11 aromatic rings. The first-order valence-electron chi connectivity index (χ1n) is 25.4. The molecule has 354 valence electrons. The fourth-order valence-corrected chi connectivity index (χ4v) is 11.8. The van der Waals surface area contributed by atoms with Crippen LogP contribution in [0.5, 0.6) is 0 Å². The molecular weight excluding hydrogens is 889 g/mol. The Morgan fingerprint density at radius 2 is 0.736 bits per heavy atom. The molecule has 0 unspecified atom stereocenters. The molecule has 3 aromatic heterocycles. The van der Waals surface area contributed by atoms with E-state index in [0.29, 0.717) is 26.1 Å². The Morgan fingerprint density at radius 3 is 1.04 bits per heavy atom. The third-order valence-electron chi connectivity index (χ3n) is 15.2. The van der Waals surface area contributed by atoms with Gasteiger partial charge in [-0.2, -0.15) is 0 Å². The van der Waals surface area contributed by atoms with Crippen LogP contribution >= 0.6 is 0 Å². The molecular formula is C64H54N4O4. The van der Waals surface area contributed by atoms with E-state index in [1.807, 2.05) is 0 Å². The smallest absolute Gasteiger partial charge is 0.306 e. The van der Waals surface area contributed by atoms with Gasteiger partial charge in [-0.05, 0) is 150 Å². The van der Waals surface area contributed by atoms with E-state index in [4.69, 9.17) is 19.4 Å². The van der Waals surface area contributed by atoms with Crippen molar-refractivity contribution in [3.05, 3.63) is 144 Å². The van der Waals surface area contributed by atoms with Crippen molar-refractivity contribution in [2.45, 2.75) is 67.2 Å². The Bertz CT molecular complexity index is 4080. The summed E-state index contributed by atoms with van der Waals surface area (Å²) in [6.45, 7) is 13.3. The van der Waals surface area contributed by atoms with Gasteiger partial charge in [0.05, 0.1) is 36.0 Å². The maximum atomic E-state index is 13.4. The van der Waals surface area contributed by atoms with Crippen molar-refractivity contribution in [1.82, 2.24) is 19.9 Å². The minimum atomic E-state index is -0.218. The van der Waals surface area contributed by atoms with Gasteiger partial charge in [0, 0.05) is 56.5 Å². The van der Waals surface area contributed by atoms with Crippen LogP contribution in [-0.2, 0) is 19.1 Å². The Balaban J connectivity index is 1.18. The average Bonchev–Trinajstić information content (AvgIpc) is 4.09. The van der Waals surface area contributed by atoms with Crippen molar-refractivity contribution in [3.8, 4) is 0 Å². The Kier molecular flexibility index (Phi) is 10.2. The van der Waals surface area contributed by atoms with Crippen LogP contribution in [0.3, 0.4) is 0 Å². The van der Waals surface area contributed by atoms with Crippen LogP contribution < -0.4 is 0 Å². The second-order valence-corrected chi connectivity index (χ2v) is 20.9. The molecule has 0 amide bonds. The van der Waals surface area contributed by atoms with Gasteiger partial charge in [0.2, 0.25) is 0 Å². The number of benzene rings is 8. The summed E-state index contributed by atoms with van der Waals surface area (Å²) >= 11 is 0. The van der Waals surface area contributed by atoms with Crippen molar-refractivity contribution in [2.24, 2.45) is 11.8 Å². The second kappa shape index (κ2) is 16.8. The lowest BCUT2D eigenvalue weighted by molar-refractivity contribution is -0.145. The van der Waals surface area contributed by atoms with Gasteiger partial charge >= 0.3 is 11.9 Å². The van der Waals surface area contributed by atoms with Gasteiger partial charge in [-0.3, -0.25) is 9.59 Å². The standard InChI is InChI=1S/C64H54N4O4/c1-33(2)31-71-55(69)25-23-41-35(5)47-27-51-61-43-15-7-11-37-19-20-38-12-8-16-44(58(38)57(37)43)62(61)52(67-51)28-48-36(6)42(24-26-56(70)72-32-34(3)4)50(66-48)30-54-64-46-18-10-14-40-22-21-39-13-9-17-45(59(39)60(40)46)63(64)53(68-54)29-49(41)65-47/h7-22,27-30,33-34,67-68H,23-26,31-32H2,1-6H3. The zero-order valence-corrected chi connectivity index (χ0v) is 41.5. The highest BCUT2D eigenvalue weighted by Gasteiger charge is 2.25. The Hall–Kier alpha value is -8.10. The molecule has 0 radical (unpaired) electrons. The number of rotatable bonds is 10. The van der Waals surface area contributed by atoms with Crippen LogP contribution in [0.2, 0.25) is 0 Å². The van der Waals surface area contributed by atoms with Crippen LogP contribution in [0.25, 0.3) is 131 Å². The minimum Gasteiger partial charge on any atom is -0.465 e. The van der Waals surface area contributed by atoms with Crippen LogP contribution in [0.4, 0.5) is 0 Å². The molecule has 2 N–H and O–H groups in total. The minimum absolute atomic E-state index is 0.218. The highest BCUT2D eigenvalue weighted by atomic mass is 16.5. The molecule has 2 aliphatic rings. The molecule has 0 saturated heterocycles. The van der Waals surface area contributed by atoms with Crippen LogP contribution in [0.15, 0.2) is 121 Å². The molecule has 2 aliphatic heterocycles. The summed E-state index contributed by atoms with van der Waals surface area (Å²) in [5, 5.41) is 18.7. The number of allylic oxidation sites excluding steroid dienone is 4. The number of aromatic amines is 2. The molecule has 13 rings (SSSR count). The van der Waals surface area contributed by atoms with E-state index in [-0.39, 0.29) is 36.6 Å². The number of carbonyl (C=O) groups is 2. The van der Waals surface area contributed by atoms with Crippen LogP contribution in [0.1, 0.15) is 90.0 Å². The quantitative estimate of drug-likeness (QED) is 0.104. The number of hydrogen-bond acceptors (Lipinski definition) is 6. The van der Waals surface area contributed by atoms with Gasteiger partial charge in [-0.25, -0.2) is 9.97 Å². The van der Waals surface area contributed by atoms with Crippen LogP contribution in [0, 0.1) is 11.8 Å². The Labute approximate surface area is 416 Å². The number of fused-ring (bicyclic) bond motifs is 18. The molecule has 0 saturated carbocycles. The van der Waals surface area contributed by atoms with Crippen LogP contribution in [-0.4, -0.2) is 45.1 Å². The first-order chi connectivity index (χ1) is 35.0. The number of H-pyrrole nitrogens is 2. The highest BCUT2D eigenvalue weighted by molar-refractivity contribution is 6.40. The Morgan fingerprint density at radius 1 is 0.431 bits per heavy atom. The molecule has 8 bridgehead atoms. The average molecular weight is 943 g/mol. The monoisotopic (exact) mass is 942 g/mol. The molecule has 0 fully saturated rings. The summed E-state index contributed by atoms with van der Waals surface area (Å²) in [4.78, 5) is 45.8. The van der Waals surface area contributed by atoms with Gasteiger partial charge in [0.25, 0.3) is 0 Å². The van der Waals surface area contributed by atoms with Gasteiger partial charge < -0.3 is 19.4 Å². The topological polar surface area (TPSA) is 110 Å². The van der Waals surface area contributed by atoms with E-state index < -0.39 is 0 Å². The van der Waals surface area contributed by atoms with Crippen molar-refractivity contribution in [3.63, 3.8) is 0 Å². The SMILES string of the molecule is CC1=C(CCC(=O)OCC(C)C)c2cc3[nH]c(cc4nc(cc5[nH]c(cc1n2)c1c2cccc6ccc7cccc(c7c62)c51)C(C)=C4CCC(=O)OCC(C)C)c1c2cccc4ccc5cccc(c5c42)c31. The lowest BCUT2D eigenvalue weighted by atomic mass is 9.90. The highest BCUT2D eigenvalue weighted by Crippen LogP contribution is 2.47. The van der Waals surface area contributed by atoms with Crippen molar-refractivity contribution < 1.29 is 19.1 Å². The first-order valence-corrected chi connectivity index (χ1v) is 25.4. The van der Waals surface area contributed by atoms with Gasteiger partial charge in [-0.15, -0.1) is 0 Å². The van der Waals surface area contributed by atoms with E-state index in [1.54, 1.807) is 0 Å². The lowest BCUT2D eigenvalue weighted by Gasteiger charge is -2.13. The summed E-state index contributed by atoms with van der Waals surface area (Å²) < 4.78 is 11.5. The summed E-state index contributed by atoms with van der Waals surface area (Å²) in [5.74, 6) is 0.0421. The zero-order chi connectivity index (χ0) is 49.1. The summed E-state index contributed by atoms with van der Waals surface area (Å²) in [7, 11) is 0. The summed E-state index contributed by atoms with van der Waals surface area (Å²) in [5.41, 5.74) is 11.0. The third kappa shape index (κ3) is 6.94. The number of aromatic nitrogens is 4. The third-order valence-corrected chi connectivity index (χ3v) is 15.2. The molecule has 5 heterocycles. The van der Waals surface area contributed by atoms with Gasteiger partial charge in [-0.1, -0.05) is 125 Å². The second-order valence-electron chi connectivity index (χ2n) is 20.9. The molecule has 0 atom stereocenters. The van der Waals surface area contributed by atoms with E-state index in [9.17, 15) is 9.59 Å². The van der Waals surface area contributed by atoms with E-state index >= 15 is 0 Å².